The Balaban J connectivity index is 1.90. The standard InChI is InChI=1S/C23H26N2O6S/c1-23(21(28)14-27,32(2,30)31)10-11-25-15-24-20-13-18(7-8-19(20)22(25)29)17-5-3-16(4-6-17)9-12-26/h3-8,13,15,26-27H,9-12,14H2,1-2H3/t23-/m1/s1. The number of nitrogens with zero attached hydrogens (tertiary/aromatic N) is 2. The lowest BCUT2D eigenvalue weighted by atomic mass is 10.0. The molecule has 3 aromatic rings. The van der Waals surface area contributed by atoms with Crippen molar-refractivity contribution in [2.75, 3.05) is 19.5 Å². The van der Waals surface area contributed by atoms with Gasteiger partial charge in [0.1, 0.15) is 11.4 Å². The summed E-state index contributed by atoms with van der Waals surface area (Å²) in [5, 5.41) is 18.6. The quantitative estimate of drug-likeness (QED) is 0.496. The number of aliphatic hydroxyl groups excluding tert-OH is 2. The van der Waals surface area contributed by atoms with E-state index in [-0.39, 0.29) is 25.1 Å². The smallest absolute Gasteiger partial charge is 0.261 e. The minimum atomic E-state index is -3.80. The zero-order valence-electron chi connectivity index (χ0n) is 18.0. The first-order chi connectivity index (χ1) is 15.1. The summed E-state index contributed by atoms with van der Waals surface area (Å²) in [7, 11) is -3.80. The summed E-state index contributed by atoms with van der Waals surface area (Å²) in [5.74, 6) is -0.809. The summed E-state index contributed by atoms with van der Waals surface area (Å²) >= 11 is 0. The molecule has 170 valence electrons. The van der Waals surface area contributed by atoms with Gasteiger partial charge in [-0.15, -0.1) is 0 Å². The molecule has 0 unspecified atom stereocenters. The second kappa shape index (κ2) is 9.32. The molecule has 0 spiro atoms. The molecule has 0 saturated heterocycles. The summed E-state index contributed by atoms with van der Waals surface area (Å²) in [6.07, 6.45) is 2.71. The van der Waals surface area contributed by atoms with Crippen molar-refractivity contribution in [2.45, 2.75) is 31.1 Å². The number of Topliss-reactive ketones (excluding diaryl/α,β-unsaturated/α-hetero) is 1. The zero-order valence-corrected chi connectivity index (χ0v) is 18.8. The van der Waals surface area contributed by atoms with Gasteiger partial charge < -0.3 is 10.2 Å². The lowest BCUT2D eigenvalue weighted by Crippen LogP contribution is -2.46. The topological polar surface area (TPSA) is 127 Å². The highest BCUT2D eigenvalue weighted by Gasteiger charge is 2.42. The first-order valence-electron chi connectivity index (χ1n) is 10.1. The van der Waals surface area contributed by atoms with Crippen LogP contribution in [0.2, 0.25) is 0 Å². The van der Waals surface area contributed by atoms with E-state index in [4.69, 9.17) is 5.11 Å². The van der Waals surface area contributed by atoms with E-state index in [1.165, 1.54) is 17.8 Å². The van der Waals surface area contributed by atoms with Crippen molar-refractivity contribution in [1.29, 1.82) is 0 Å². The molecule has 0 bridgehead atoms. The maximum atomic E-state index is 12.9. The van der Waals surface area contributed by atoms with Crippen LogP contribution < -0.4 is 5.56 Å². The van der Waals surface area contributed by atoms with E-state index in [1.807, 2.05) is 30.3 Å². The van der Waals surface area contributed by atoms with Gasteiger partial charge in [-0.05, 0) is 48.6 Å². The van der Waals surface area contributed by atoms with Gasteiger partial charge in [-0.2, -0.15) is 0 Å². The van der Waals surface area contributed by atoms with E-state index in [9.17, 15) is 23.1 Å². The lowest BCUT2D eigenvalue weighted by Gasteiger charge is -2.25. The molecule has 0 aliphatic carbocycles. The Morgan fingerprint density at radius 1 is 1.09 bits per heavy atom. The number of rotatable bonds is 9. The molecular weight excluding hydrogens is 432 g/mol. The maximum absolute atomic E-state index is 12.9. The number of carbonyl (C=O) groups excluding carboxylic acids is 1. The van der Waals surface area contributed by atoms with Gasteiger partial charge in [0.15, 0.2) is 15.6 Å². The third-order valence-electron chi connectivity index (χ3n) is 5.89. The van der Waals surface area contributed by atoms with Crippen LogP contribution in [0.15, 0.2) is 53.6 Å². The Labute approximate surface area is 186 Å². The van der Waals surface area contributed by atoms with E-state index < -0.39 is 27.0 Å². The molecule has 2 N–H and O–H groups in total. The number of benzene rings is 2. The Bertz CT molecular complexity index is 1300. The first kappa shape index (κ1) is 23.8. The highest BCUT2D eigenvalue weighted by atomic mass is 32.2. The third-order valence-corrected chi connectivity index (χ3v) is 7.96. The van der Waals surface area contributed by atoms with Crippen molar-refractivity contribution >= 4 is 26.5 Å². The molecule has 0 aliphatic heterocycles. The molecule has 1 heterocycles. The highest BCUT2D eigenvalue weighted by molar-refractivity contribution is 7.92. The van der Waals surface area contributed by atoms with Crippen molar-refractivity contribution in [3.05, 3.63) is 64.7 Å². The molecule has 1 atom stereocenters. The van der Waals surface area contributed by atoms with E-state index in [0.717, 1.165) is 22.9 Å². The van der Waals surface area contributed by atoms with Crippen LogP contribution in [0.4, 0.5) is 0 Å². The summed E-state index contributed by atoms with van der Waals surface area (Å²) in [6, 6.07) is 13.0. The molecule has 0 saturated carbocycles. The van der Waals surface area contributed by atoms with Crippen molar-refractivity contribution in [1.82, 2.24) is 9.55 Å². The number of aromatic nitrogens is 2. The van der Waals surface area contributed by atoms with E-state index in [2.05, 4.69) is 4.98 Å². The summed E-state index contributed by atoms with van der Waals surface area (Å²) in [4.78, 5) is 29.3. The van der Waals surface area contributed by atoms with Crippen LogP contribution >= 0.6 is 0 Å². The van der Waals surface area contributed by atoms with Gasteiger partial charge in [0.2, 0.25) is 0 Å². The highest BCUT2D eigenvalue weighted by Crippen LogP contribution is 2.24. The Hall–Kier alpha value is -2.88. The normalized spacial score (nSPS) is 13.8. The summed E-state index contributed by atoms with van der Waals surface area (Å²) in [6.45, 7) is 0.422. The number of hydrogen-bond donors (Lipinski definition) is 2. The summed E-state index contributed by atoms with van der Waals surface area (Å²) in [5.41, 5.74) is 3.02. The number of hydrogen-bond acceptors (Lipinski definition) is 7. The number of aryl methyl sites for hydroxylation is 1. The second-order valence-corrected chi connectivity index (χ2v) is 10.4. The van der Waals surface area contributed by atoms with E-state index >= 15 is 0 Å². The molecule has 3 rings (SSSR count). The average Bonchev–Trinajstić information content (AvgIpc) is 2.77. The molecule has 8 nitrogen and oxygen atoms in total. The minimum absolute atomic E-state index is 0.0366. The minimum Gasteiger partial charge on any atom is -0.396 e. The predicted octanol–water partition coefficient (Wildman–Crippen LogP) is 1.35. The number of fused-ring (bicyclic) bond motifs is 1. The number of sulfone groups is 1. The molecule has 0 aliphatic rings. The van der Waals surface area contributed by atoms with Crippen molar-refractivity contribution in [3.63, 3.8) is 0 Å². The third kappa shape index (κ3) is 4.64. The summed E-state index contributed by atoms with van der Waals surface area (Å²) < 4.78 is 23.8. The van der Waals surface area contributed by atoms with Crippen LogP contribution in [-0.2, 0) is 27.6 Å². The molecule has 9 heteroatoms. The molecule has 0 amide bonds. The first-order valence-corrected chi connectivity index (χ1v) is 12.0. The Morgan fingerprint density at radius 3 is 2.34 bits per heavy atom. The van der Waals surface area contributed by atoms with Gasteiger partial charge in [0, 0.05) is 19.4 Å². The number of ketones is 1. The monoisotopic (exact) mass is 458 g/mol. The fraction of sp³-hybridized carbons (Fsp3) is 0.348. The van der Waals surface area contributed by atoms with Crippen LogP contribution in [0.1, 0.15) is 18.9 Å². The number of carbonyl (C=O) groups is 1. The Morgan fingerprint density at radius 2 is 1.75 bits per heavy atom. The van der Waals surface area contributed by atoms with Gasteiger partial charge in [-0.1, -0.05) is 30.3 Å². The molecule has 2 aromatic carbocycles. The largest absolute Gasteiger partial charge is 0.396 e. The van der Waals surface area contributed by atoms with Crippen LogP contribution in [-0.4, -0.2) is 58.2 Å². The van der Waals surface area contributed by atoms with E-state index in [0.29, 0.717) is 17.3 Å². The second-order valence-electron chi connectivity index (χ2n) is 7.98. The Kier molecular flexibility index (Phi) is 6.92. The van der Waals surface area contributed by atoms with Gasteiger partial charge in [0.05, 0.1) is 17.2 Å². The molecule has 32 heavy (non-hydrogen) atoms. The predicted molar refractivity (Wildman–Crippen MR) is 122 cm³/mol. The molecule has 0 fully saturated rings. The van der Waals surface area contributed by atoms with Crippen LogP contribution in [0, 0.1) is 0 Å². The van der Waals surface area contributed by atoms with E-state index in [1.54, 1.807) is 12.1 Å². The van der Waals surface area contributed by atoms with Gasteiger partial charge in [0.25, 0.3) is 5.56 Å². The van der Waals surface area contributed by atoms with Gasteiger partial charge in [-0.3, -0.25) is 14.2 Å². The molecule has 0 radical (unpaired) electrons. The van der Waals surface area contributed by atoms with Gasteiger partial charge >= 0.3 is 0 Å². The zero-order chi connectivity index (χ0) is 23.5. The fourth-order valence-corrected chi connectivity index (χ4v) is 4.46. The maximum Gasteiger partial charge on any atom is 0.261 e. The average molecular weight is 459 g/mol. The van der Waals surface area contributed by atoms with Crippen LogP contribution in [0.25, 0.3) is 22.0 Å². The van der Waals surface area contributed by atoms with Gasteiger partial charge in [-0.25, -0.2) is 13.4 Å². The van der Waals surface area contributed by atoms with Crippen LogP contribution in [0.5, 0.6) is 0 Å². The van der Waals surface area contributed by atoms with Crippen molar-refractivity contribution < 1.29 is 23.4 Å². The SMILES string of the molecule is C[C@@](CCn1cnc2cc(-c3ccc(CCO)cc3)ccc2c1=O)(C(=O)CO)S(C)(=O)=O. The van der Waals surface area contributed by atoms with Crippen molar-refractivity contribution in [3.8, 4) is 11.1 Å². The van der Waals surface area contributed by atoms with Crippen LogP contribution in [0.3, 0.4) is 0 Å². The van der Waals surface area contributed by atoms with Crippen molar-refractivity contribution in [2.24, 2.45) is 0 Å². The lowest BCUT2D eigenvalue weighted by molar-refractivity contribution is -0.124. The fourth-order valence-electron chi connectivity index (χ4n) is 3.52. The molecule has 1 aromatic heterocycles. The number of aliphatic hydroxyl groups is 2. The molecular formula is C23H26N2O6S.